The van der Waals surface area contributed by atoms with E-state index in [9.17, 15) is 9.59 Å². The molecular weight excluding hydrogens is 424 g/mol. The molecule has 0 aliphatic heterocycles. The fraction of sp³-hybridized carbons (Fsp3) is 0.400. The first-order valence-corrected chi connectivity index (χ1v) is 11.5. The summed E-state index contributed by atoms with van der Waals surface area (Å²) in [5.74, 6) is 0.816. The van der Waals surface area contributed by atoms with Gasteiger partial charge in [-0.1, -0.05) is 11.8 Å². The fourth-order valence-corrected chi connectivity index (χ4v) is 5.63. The maximum absolute atomic E-state index is 12.6. The van der Waals surface area contributed by atoms with Crippen LogP contribution in [-0.4, -0.2) is 39.5 Å². The van der Waals surface area contributed by atoms with Crippen molar-refractivity contribution in [3.05, 3.63) is 34.4 Å². The number of hydrogen-bond donors (Lipinski definition) is 1. The highest BCUT2D eigenvalue weighted by Gasteiger charge is 2.27. The molecule has 1 aliphatic rings. The number of carbonyl (C=O) groups excluding carboxylic acids is 2. The summed E-state index contributed by atoms with van der Waals surface area (Å²) in [5.41, 5.74) is 1.53. The number of nitrogens with one attached hydrogen (secondary N) is 1. The molecule has 3 aromatic heterocycles. The number of carbonyl (C=O) groups is 2. The number of thiophene rings is 1. The van der Waals surface area contributed by atoms with Gasteiger partial charge in [-0.15, -0.1) is 21.5 Å². The van der Waals surface area contributed by atoms with Crippen LogP contribution in [0.1, 0.15) is 40.6 Å². The molecule has 0 saturated heterocycles. The van der Waals surface area contributed by atoms with Crippen LogP contribution in [0.15, 0.2) is 28.0 Å². The lowest BCUT2D eigenvalue weighted by Crippen LogP contribution is -2.17. The van der Waals surface area contributed by atoms with E-state index in [0.717, 1.165) is 31.2 Å². The van der Waals surface area contributed by atoms with Gasteiger partial charge in [-0.25, -0.2) is 4.79 Å². The number of anilines is 1. The van der Waals surface area contributed by atoms with Crippen LogP contribution in [0.4, 0.5) is 5.00 Å². The van der Waals surface area contributed by atoms with Gasteiger partial charge in [0.25, 0.3) is 0 Å². The largest absolute Gasteiger partial charge is 0.465 e. The SMILES string of the molecule is CCn1c(SCC(=O)Nc2sc3c(c2C(=O)OC)CCCC3)nnc1-c1ccco1. The molecule has 10 heteroatoms. The quantitative estimate of drug-likeness (QED) is 0.432. The molecule has 3 aromatic rings. The van der Waals surface area contributed by atoms with E-state index in [-0.39, 0.29) is 11.7 Å². The standard InChI is InChI=1S/C20H22N4O4S2/c1-3-24-17(13-8-6-10-28-13)22-23-20(24)29-11-15(25)21-18-16(19(26)27-2)12-7-4-5-9-14(12)30-18/h6,8,10H,3-5,7,9,11H2,1-2H3,(H,21,25). The number of rotatable bonds is 7. The summed E-state index contributed by atoms with van der Waals surface area (Å²) >= 11 is 2.77. The predicted octanol–water partition coefficient (Wildman–Crippen LogP) is 4.02. The highest BCUT2D eigenvalue weighted by molar-refractivity contribution is 7.99. The molecular formula is C20H22N4O4S2. The summed E-state index contributed by atoms with van der Waals surface area (Å²) in [6.45, 7) is 2.63. The molecule has 30 heavy (non-hydrogen) atoms. The molecule has 1 N–H and O–H groups in total. The molecule has 3 heterocycles. The number of thioether (sulfide) groups is 1. The van der Waals surface area contributed by atoms with Gasteiger partial charge in [0.2, 0.25) is 5.91 Å². The third-order valence-electron chi connectivity index (χ3n) is 4.92. The van der Waals surface area contributed by atoms with Crippen LogP contribution in [-0.2, 0) is 28.9 Å². The van der Waals surface area contributed by atoms with Crippen LogP contribution in [0.5, 0.6) is 0 Å². The number of hydrogen-bond acceptors (Lipinski definition) is 8. The highest BCUT2D eigenvalue weighted by atomic mass is 32.2. The van der Waals surface area contributed by atoms with Gasteiger partial charge in [-0.05, 0) is 50.3 Å². The minimum Gasteiger partial charge on any atom is -0.465 e. The molecule has 0 bridgehead atoms. The number of furan rings is 1. The zero-order chi connectivity index (χ0) is 21.1. The fourth-order valence-electron chi connectivity index (χ4n) is 3.53. The second kappa shape index (κ2) is 9.05. The zero-order valence-electron chi connectivity index (χ0n) is 16.8. The van der Waals surface area contributed by atoms with Crippen molar-refractivity contribution < 1.29 is 18.7 Å². The van der Waals surface area contributed by atoms with Gasteiger partial charge in [-0.2, -0.15) is 0 Å². The van der Waals surface area contributed by atoms with E-state index >= 15 is 0 Å². The summed E-state index contributed by atoms with van der Waals surface area (Å²) in [6, 6.07) is 3.62. The van der Waals surface area contributed by atoms with Crippen molar-refractivity contribution in [2.75, 3.05) is 18.2 Å². The van der Waals surface area contributed by atoms with Crippen LogP contribution < -0.4 is 5.32 Å². The predicted molar refractivity (Wildman–Crippen MR) is 115 cm³/mol. The number of nitrogens with zero attached hydrogens (tertiary/aromatic N) is 3. The molecule has 0 saturated carbocycles. The van der Waals surface area contributed by atoms with Crippen LogP contribution in [0.3, 0.4) is 0 Å². The van der Waals surface area contributed by atoms with Gasteiger partial charge >= 0.3 is 5.97 Å². The number of amides is 1. The molecule has 0 atom stereocenters. The first kappa shape index (κ1) is 20.7. The number of aryl methyl sites for hydroxylation is 1. The molecule has 0 aromatic carbocycles. The summed E-state index contributed by atoms with van der Waals surface area (Å²) in [4.78, 5) is 26.1. The van der Waals surface area contributed by atoms with E-state index in [1.165, 1.54) is 35.1 Å². The van der Waals surface area contributed by atoms with E-state index < -0.39 is 5.97 Å². The highest BCUT2D eigenvalue weighted by Crippen LogP contribution is 2.38. The third-order valence-corrected chi connectivity index (χ3v) is 7.09. The second-order valence-corrected chi connectivity index (χ2v) is 8.82. The normalized spacial score (nSPS) is 13.1. The lowest BCUT2D eigenvalue weighted by Gasteiger charge is -2.11. The molecule has 158 valence electrons. The molecule has 1 aliphatic carbocycles. The molecule has 0 spiro atoms. The first-order chi connectivity index (χ1) is 14.6. The Kier molecular flexibility index (Phi) is 6.24. The molecule has 4 rings (SSSR count). The van der Waals surface area contributed by atoms with Crippen LogP contribution in [0.25, 0.3) is 11.6 Å². The Morgan fingerprint density at radius 3 is 2.90 bits per heavy atom. The van der Waals surface area contributed by atoms with Crippen molar-refractivity contribution in [2.45, 2.75) is 44.3 Å². The minimum absolute atomic E-state index is 0.152. The number of aromatic nitrogens is 3. The van der Waals surface area contributed by atoms with Crippen molar-refractivity contribution in [3.63, 3.8) is 0 Å². The average molecular weight is 447 g/mol. The molecule has 0 radical (unpaired) electrons. The molecule has 8 nitrogen and oxygen atoms in total. The van der Waals surface area contributed by atoms with Crippen molar-refractivity contribution in [2.24, 2.45) is 0 Å². The Labute approximate surface area is 182 Å². The van der Waals surface area contributed by atoms with Crippen molar-refractivity contribution in [1.82, 2.24) is 14.8 Å². The van der Waals surface area contributed by atoms with Crippen molar-refractivity contribution in [3.8, 4) is 11.6 Å². The number of esters is 1. The second-order valence-electron chi connectivity index (χ2n) is 6.77. The average Bonchev–Trinajstić information content (AvgIpc) is 3.48. The maximum atomic E-state index is 12.6. The lowest BCUT2D eigenvalue weighted by atomic mass is 9.95. The van der Waals surface area contributed by atoms with Crippen molar-refractivity contribution in [1.29, 1.82) is 0 Å². The molecule has 1 amide bonds. The smallest absolute Gasteiger partial charge is 0.341 e. The summed E-state index contributed by atoms with van der Waals surface area (Å²) in [5, 5.41) is 12.5. The Balaban J connectivity index is 1.47. The maximum Gasteiger partial charge on any atom is 0.341 e. The summed E-state index contributed by atoms with van der Waals surface area (Å²) in [6.07, 6.45) is 5.51. The van der Waals surface area contributed by atoms with Gasteiger partial charge in [0.05, 0.1) is 24.7 Å². The third kappa shape index (κ3) is 4.01. The molecule has 0 unspecified atom stereocenters. The lowest BCUT2D eigenvalue weighted by molar-refractivity contribution is -0.113. The van der Waals surface area contributed by atoms with Crippen molar-refractivity contribution >= 4 is 40.0 Å². The van der Waals surface area contributed by atoms with E-state index in [0.29, 0.717) is 33.9 Å². The van der Waals surface area contributed by atoms with Gasteiger partial charge in [0.1, 0.15) is 5.00 Å². The number of ether oxygens (including phenoxy) is 1. The molecule has 0 fully saturated rings. The van der Waals surface area contributed by atoms with Gasteiger partial charge in [0.15, 0.2) is 16.7 Å². The zero-order valence-corrected chi connectivity index (χ0v) is 18.4. The van der Waals surface area contributed by atoms with Gasteiger partial charge < -0.3 is 14.5 Å². The number of fused-ring (bicyclic) bond motifs is 1. The summed E-state index contributed by atoms with van der Waals surface area (Å²) in [7, 11) is 1.37. The summed E-state index contributed by atoms with van der Waals surface area (Å²) < 4.78 is 12.3. The van der Waals surface area contributed by atoms with Gasteiger partial charge in [-0.3, -0.25) is 9.36 Å². The topological polar surface area (TPSA) is 99.2 Å². The Bertz CT molecular complexity index is 1060. The minimum atomic E-state index is -0.397. The van der Waals surface area contributed by atoms with Crippen LogP contribution in [0.2, 0.25) is 0 Å². The van der Waals surface area contributed by atoms with E-state index in [1.54, 1.807) is 12.3 Å². The monoisotopic (exact) mass is 446 g/mol. The number of methoxy groups -OCH3 is 1. The first-order valence-electron chi connectivity index (χ1n) is 9.75. The Morgan fingerprint density at radius 1 is 1.33 bits per heavy atom. The van der Waals surface area contributed by atoms with E-state index in [1.807, 2.05) is 17.6 Å². The van der Waals surface area contributed by atoms with E-state index in [4.69, 9.17) is 9.15 Å². The van der Waals surface area contributed by atoms with Crippen LogP contribution >= 0.6 is 23.1 Å². The van der Waals surface area contributed by atoms with Gasteiger partial charge in [0, 0.05) is 11.4 Å². The van der Waals surface area contributed by atoms with E-state index in [2.05, 4.69) is 15.5 Å². The van der Waals surface area contributed by atoms with Crippen LogP contribution in [0, 0.1) is 0 Å². The Morgan fingerprint density at radius 2 is 2.17 bits per heavy atom. The Hall–Kier alpha value is -2.59.